The Morgan fingerprint density at radius 1 is 1.07 bits per heavy atom. The van der Waals surface area contributed by atoms with E-state index in [4.69, 9.17) is 10.8 Å². The van der Waals surface area contributed by atoms with Crippen LogP contribution in [0.25, 0.3) is 5.69 Å². The molecule has 0 atom stereocenters. The fourth-order valence-corrected chi connectivity index (χ4v) is 3.46. The van der Waals surface area contributed by atoms with Crippen LogP contribution in [0.2, 0.25) is 0 Å². The van der Waals surface area contributed by atoms with Gasteiger partial charge in [-0.3, -0.25) is 4.79 Å². The molecule has 5 nitrogen and oxygen atoms in total. The number of nitrogens with two attached hydrogens (primary N) is 1. The number of halogens is 1. The molecule has 0 spiro atoms. The van der Waals surface area contributed by atoms with Crippen LogP contribution in [0.3, 0.4) is 0 Å². The molecular weight excluding hydrogens is 384 g/mol. The molecule has 3 aromatic rings. The number of nitrogen functional groups attached to an aromatic ring is 1. The predicted molar refractivity (Wildman–Crippen MR) is 121 cm³/mol. The molecule has 0 radical (unpaired) electrons. The van der Waals surface area contributed by atoms with Crippen LogP contribution >= 0.6 is 12.4 Å². The molecule has 0 saturated heterocycles. The van der Waals surface area contributed by atoms with Gasteiger partial charge < -0.3 is 10.6 Å². The van der Waals surface area contributed by atoms with Gasteiger partial charge >= 0.3 is 0 Å². The highest BCUT2D eigenvalue weighted by Gasteiger charge is 2.18. The largest absolute Gasteiger partial charge is 0.399 e. The number of para-hydroxylation sites is 2. The van der Waals surface area contributed by atoms with Gasteiger partial charge in [0, 0.05) is 37.0 Å². The van der Waals surface area contributed by atoms with Crippen LogP contribution in [0.15, 0.2) is 48.5 Å². The second-order valence-electron chi connectivity index (χ2n) is 7.30. The third-order valence-corrected chi connectivity index (χ3v) is 5.27. The van der Waals surface area contributed by atoms with E-state index in [-0.39, 0.29) is 18.3 Å². The summed E-state index contributed by atoms with van der Waals surface area (Å²) in [4.78, 5) is 14.4. The Labute approximate surface area is 178 Å². The third kappa shape index (κ3) is 4.98. The first kappa shape index (κ1) is 22.5. The van der Waals surface area contributed by atoms with E-state index in [0.29, 0.717) is 19.4 Å². The number of nitrogens with zero attached hydrogens (tertiary/aromatic N) is 3. The van der Waals surface area contributed by atoms with Gasteiger partial charge in [-0.25, -0.2) is 4.68 Å². The lowest BCUT2D eigenvalue weighted by molar-refractivity contribution is -0.130. The topological polar surface area (TPSA) is 64.2 Å². The number of carbonyl (C=O) groups is 1. The minimum atomic E-state index is 0. The van der Waals surface area contributed by atoms with Crippen LogP contribution in [0.5, 0.6) is 0 Å². The molecule has 0 aliphatic rings. The molecule has 2 N–H and O–H groups in total. The SMILES string of the molecule is Cc1ccccc1-n1nc(C)c(CN(C)C(=O)CCc2ccccc2N)c1C.Cl. The Morgan fingerprint density at radius 3 is 2.41 bits per heavy atom. The van der Waals surface area contributed by atoms with Gasteiger partial charge in [-0.15, -0.1) is 12.4 Å². The molecule has 0 unspecified atom stereocenters. The van der Waals surface area contributed by atoms with E-state index in [1.807, 2.05) is 55.1 Å². The van der Waals surface area contributed by atoms with Crippen molar-refractivity contribution in [3.63, 3.8) is 0 Å². The highest BCUT2D eigenvalue weighted by Crippen LogP contribution is 2.22. The van der Waals surface area contributed by atoms with Crippen molar-refractivity contribution in [3.05, 3.63) is 76.6 Å². The van der Waals surface area contributed by atoms with Crippen molar-refractivity contribution >= 4 is 24.0 Å². The smallest absolute Gasteiger partial charge is 0.222 e. The van der Waals surface area contributed by atoms with E-state index < -0.39 is 0 Å². The van der Waals surface area contributed by atoms with Crippen LogP contribution in [-0.4, -0.2) is 27.6 Å². The Morgan fingerprint density at radius 2 is 1.72 bits per heavy atom. The average Bonchev–Trinajstić information content (AvgIpc) is 2.95. The maximum atomic E-state index is 12.6. The summed E-state index contributed by atoms with van der Waals surface area (Å²) >= 11 is 0. The average molecular weight is 413 g/mol. The van der Waals surface area contributed by atoms with Crippen molar-refractivity contribution in [2.75, 3.05) is 12.8 Å². The molecule has 1 aromatic heterocycles. The third-order valence-electron chi connectivity index (χ3n) is 5.27. The van der Waals surface area contributed by atoms with Crippen LogP contribution in [0, 0.1) is 20.8 Å². The highest BCUT2D eigenvalue weighted by atomic mass is 35.5. The van der Waals surface area contributed by atoms with E-state index in [2.05, 4.69) is 26.0 Å². The minimum Gasteiger partial charge on any atom is -0.399 e. The first-order valence-corrected chi connectivity index (χ1v) is 9.57. The number of hydrogen-bond acceptors (Lipinski definition) is 3. The Hall–Kier alpha value is -2.79. The van der Waals surface area contributed by atoms with Gasteiger partial charge in [0.2, 0.25) is 5.91 Å². The lowest BCUT2D eigenvalue weighted by Crippen LogP contribution is -2.27. The second kappa shape index (κ2) is 9.61. The lowest BCUT2D eigenvalue weighted by atomic mass is 10.1. The number of anilines is 1. The normalized spacial score (nSPS) is 10.5. The molecule has 0 aliphatic carbocycles. The van der Waals surface area contributed by atoms with Crippen molar-refractivity contribution in [1.82, 2.24) is 14.7 Å². The number of benzene rings is 2. The van der Waals surface area contributed by atoms with Gasteiger partial charge in [0.25, 0.3) is 0 Å². The Balaban J connectivity index is 0.00000300. The van der Waals surface area contributed by atoms with Crippen LogP contribution < -0.4 is 5.73 Å². The summed E-state index contributed by atoms with van der Waals surface area (Å²) < 4.78 is 1.98. The van der Waals surface area contributed by atoms with Crippen LogP contribution in [0.4, 0.5) is 5.69 Å². The second-order valence-corrected chi connectivity index (χ2v) is 7.30. The number of aromatic nitrogens is 2. The van der Waals surface area contributed by atoms with E-state index in [1.54, 1.807) is 4.90 Å². The number of amides is 1. The molecule has 0 saturated carbocycles. The predicted octanol–water partition coefficient (Wildman–Crippen LogP) is 4.39. The molecule has 0 fully saturated rings. The zero-order valence-corrected chi connectivity index (χ0v) is 18.3. The fraction of sp³-hybridized carbons (Fsp3) is 0.304. The van der Waals surface area contributed by atoms with Crippen molar-refractivity contribution in [3.8, 4) is 5.69 Å². The van der Waals surface area contributed by atoms with Crippen LogP contribution in [0.1, 0.15) is 34.5 Å². The van der Waals surface area contributed by atoms with Crippen molar-refractivity contribution in [1.29, 1.82) is 0 Å². The number of aryl methyl sites for hydroxylation is 3. The number of rotatable bonds is 6. The van der Waals surface area contributed by atoms with Gasteiger partial charge in [-0.2, -0.15) is 5.10 Å². The first-order valence-electron chi connectivity index (χ1n) is 9.57. The van der Waals surface area contributed by atoms with E-state index in [9.17, 15) is 4.79 Å². The maximum Gasteiger partial charge on any atom is 0.222 e. The van der Waals surface area contributed by atoms with Gasteiger partial charge in [-0.1, -0.05) is 36.4 Å². The maximum absolute atomic E-state index is 12.6. The number of hydrogen-bond donors (Lipinski definition) is 1. The summed E-state index contributed by atoms with van der Waals surface area (Å²) in [6.45, 7) is 6.69. The lowest BCUT2D eigenvalue weighted by Gasteiger charge is -2.18. The van der Waals surface area contributed by atoms with Crippen molar-refractivity contribution in [2.45, 2.75) is 40.2 Å². The number of carbonyl (C=O) groups excluding carboxylic acids is 1. The Bertz CT molecular complexity index is 996. The molecule has 6 heteroatoms. The fourth-order valence-electron chi connectivity index (χ4n) is 3.46. The minimum absolute atomic E-state index is 0. The zero-order chi connectivity index (χ0) is 20.3. The molecule has 0 aliphatic heterocycles. The molecular formula is C23H29ClN4O. The quantitative estimate of drug-likeness (QED) is 0.610. The molecule has 29 heavy (non-hydrogen) atoms. The first-order chi connectivity index (χ1) is 13.4. The molecule has 154 valence electrons. The van der Waals surface area contributed by atoms with Gasteiger partial charge in [0.1, 0.15) is 0 Å². The standard InChI is InChI=1S/C23H28N4O.ClH/c1-16-9-5-8-12-22(16)27-18(3)20(17(2)25-27)15-26(4)23(28)14-13-19-10-6-7-11-21(19)24;/h5-12H,13-15,24H2,1-4H3;1H. The molecule has 2 aromatic carbocycles. The highest BCUT2D eigenvalue weighted by molar-refractivity contribution is 5.85. The summed E-state index contributed by atoms with van der Waals surface area (Å²) in [7, 11) is 1.85. The monoisotopic (exact) mass is 412 g/mol. The van der Waals surface area contributed by atoms with Crippen LogP contribution in [-0.2, 0) is 17.8 Å². The zero-order valence-electron chi connectivity index (χ0n) is 17.5. The van der Waals surface area contributed by atoms with E-state index >= 15 is 0 Å². The van der Waals surface area contributed by atoms with Crippen molar-refractivity contribution in [2.24, 2.45) is 0 Å². The summed E-state index contributed by atoms with van der Waals surface area (Å²) in [5.74, 6) is 0.102. The Kier molecular flexibility index (Phi) is 7.46. The molecule has 1 heterocycles. The van der Waals surface area contributed by atoms with Gasteiger partial charge in [-0.05, 0) is 50.5 Å². The molecule has 3 rings (SSSR count). The summed E-state index contributed by atoms with van der Waals surface area (Å²) in [6, 6.07) is 15.9. The van der Waals surface area contributed by atoms with Gasteiger partial charge in [0.05, 0.1) is 11.4 Å². The van der Waals surface area contributed by atoms with Crippen molar-refractivity contribution < 1.29 is 4.79 Å². The molecule has 0 bridgehead atoms. The summed E-state index contributed by atoms with van der Waals surface area (Å²) in [5, 5.41) is 4.72. The van der Waals surface area contributed by atoms with E-state index in [0.717, 1.165) is 33.9 Å². The van der Waals surface area contributed by atoms with E-state index in [1.165, 1.54) is 5.56 Å². The summed E-state index contributed by atoms with van der Waals surface area (Å²) in [6.07, 6.45) is 1.09. The summed E-state index contributed by atoms with van der Waals surface area (Å²) in [5.41, 5.74) is 13.1. The van der Waals surface area contributed by atoms with Gasteiger partial charge in [0.15, 0.2) is 0 Å². The molecule has 1 amide bonds.